The Kier molecular flexibility index (Phi) is 3.27. The van der Waals surface area contributed by atoms with Crippen LogP contribution >= 0.6 is 0 Å². The van der Waals surface area contributed by atoms with Crippen LogP contribution in [0.4, 0.5) is 5.82 Å². The molecule has 3 aromatic heterocycles. The van der Waals surface area contributed by atoms with E-state index in [1.165, 1.54) is 0 Å². The third-order valence-electron chi connectivity index (χ3n) is 3.57. The standard InChI is InChI=1S/C17H15N5O/c1-12-9-15-17(18-7-8-22(15)20-12)19-11-14-10-16(23-21-14)13-5-3-2-4-6-13/h2-10H,11H2,1H3,(H,18,19). The molecule has 0 spiro atoms. The second-order valence-corrected chi connectivity index (χ2v) is 5.29. The monoisotopic (exact) mass is 305 g/mol. The first-order valence-electron chi connectivity index (χ1n) is 7.35. The third kappa shape index (κ3) is 2.66. The van der Waals surface area contributed by atoms with Crippen LogP contribution in [0.1, 0.15) is 11.4 Å². The molecule has 0 aliphatic heterocycles. The smallest absolute Gasteiger partial charge is 0.167 e. The molecule has 6 nitrogen and oxygen atoms in total. The van der Waals surface area contributed by atoms with Crippen LogP contribution in [0.15, 0.2) is 59.4 Å². The molecule has 23 heavy (non-hydrogen) atoms. The quantitative estimate of drug-likeness (QED) is 0.626. The molecule has 0 atom stereocenters. The molecule has 4 rings (SSSR count). The van der Waals surface area contributed by atoms with Crippen molar-refractivity contribution in [3.05, 3.63) is 66.2 Å². The van der Waals surface area contributed by atoms with E-state index >= 15 is 0 Å². The summed E-state index contributed by atoms with van der Waals surface area (Å²) in [6.45, 7) is 2.49. The maximum atomic E-state index is 5.40. The molecule has 6 heteroatoms. The molecular formula is C17H15N5O. The molecule has 3 heterocycles. The zero-order chi connectivity index (χ0) is 15.6. The number of hydrogen-bond acceptors (Lipinski definition) is 5. The second-order valence-electron chi connectivity index (χ2n) is 5.29. The molecular weight excluding hydrogens is 290 g/mol. The van der Waals surface area contributed by atoms with E-state index in [1.54, 1.807) is 6.20 Å². The molecule has 0 aliphatic rings. The van der Waals surface area contributed by atoms with Crippen LogP contribution in [-0.4, -0.2) is 19.8 Å². The number of nitrogens with zero attached hydrogens (tertiary/aromatic N) is 4. The van der Waals surface area contributed by atoms with E-state index in [1.807, 2.05) is 60.1 Å². The van der Waals surface area contributed by atoms with Gasteiger partial charge in [-0.2, -0.15) is 5.10 Å². The fourth-order valence-corrected chi connectivity index (χ4v) is 2.49. The van der Waals surface area contributed by atoms with Crippen molar-refractivity contribution in [1.29, 1.82) is 0 Å². The molecule has 0 bridgehead atoms. The van der Waals surface area contributed by atoms with Crippen LogP contribution in [0.3, 0.4) is 0 Å². The van der Waals surface area contributed by atoms with Gasteiger partial charge in [-0.1, -0.05) is 35.5 Å². The minimum atomic E-state index is 0.535. The van der Waals surface area contributed by atoms with Crippen LogP contribution in [-0.2, 0) is 6.54 Å². The van der Waals surface area contributed by atoms with E-state index in [4.69, 9.17) is 4.52 Å². The van der Waals surface area contributed by atoms with Crippen molar-refractivity contribution in [3.8, 4) is 11.3 Å². The summed E-state index contributed by atoms with van der Waals surface area (Å²) in [5, 5.41) is 11.8. The molecule has 0 saturated carbocycles. The highest BCUT2D eigenvalue weighted by Gasteiger charge is 2.08. The summed E-state index contributed by atoms with van der Waals surface area (Å²) in [5.74, 6) is 1.53. The van der Waals surface area contributed by atoms with Crippen molar-refractivity contribution in [2.45, 2.75) is 13.5 Å². The summed E-state index contributed by atoms with van der Waals surface area (Å²) in [6, 6.07) is 13.8. The number of nitrogens with one attached hydrogen (secondary N) is 1. The number of rotatable bonds is 4. The third-order valence-corrected chi connectivity index (χ3v) is 3.57. The Morgan fingerprint density at radius 2 is 2.04 bits per heavy atom. The van der Waals surface area contributed by atoms with Gasteiger partial charge in [-0.15, -0.1) is 0 Å². The fraction of sp³-hybridized carbons (Fsp3) is 0.118. The zero-order valence-electron chi connectivity index (χ0n) is 12.6. The van der Waals surface area contributed by atoms with Gasteiger partial charge >= 0.3 is 0 Å². The number of aryl methyl sites for hydroxylation is 1. The second kappa shape index (κ2) is 5.57. The minimum Gasteiger partial charge on any atom is -0.362 e. The van der Waals surface area contributed by atoms with Crippen molar-refractivity contribution in [2.75, 3.05) is 5.32 Å². The summed E-state index contributed by atoms with van der Waals surface area (Å²) in [4.78, 5) is 4.37. The molecule has 4 aromatic rings. The molecule has 0 aliphatic carbocycles. The molecule has 114 valence electrons. The average molecular weight is 305 g/mol. The van der Waals surface area contributed by atoms with E-state index in [9.17, 15) is 0 Å². The van der Waals surface area contributed by atoms with Gasteiger partial charge in [0.2, 0.25) is 0 Å². The normalized spacial score (nSPS) is 11.0. The Morgan fingerprint density at radius 3 is 2.91 bits per heavy atom. The largest absolute Gasteiger partial charge is 0.362 e. The topological polar surface area (TPSA) is 68.2 Å². The van der Waals surface area contributed by atoms with Gasteiger partial charge in [-0.3, -0.25) is 0 Å². The van der Waals surface area contributed by atoms with Gasteiger partial charge in [0, 0.05) is 24.0 Å². The van der Waals surface area contributed by atoms with Crippen molar-refractivity contribution < 1.29 is 4.52 Å². The number of fused-ring (bicyclic) bond motifs is 1. The van der Waals surface area contributed by atoms with Gasteiger partial charge in [-0.25, -0.2) is 9.50 Å². The van der Waals surface area contributed by atoms with Gasteiger partial charge in [0.15, 0.2) is 11.6 Å². The molecule has 0 saturated heterocycles. The summed E-state index contributed by atoms with van der Waals surface area (Å²) < 4.78 is 7.21. The number of anilines is 1. The molecule has 0 unspecified atom stereocenters. The van der Waals surface area contributed by atoms with E-state index in [-0.39, 0.29) is 0 Å². The van der Waals surface area contributed by atoms with Crippen LogP contribution in [0.2, 0.25) is 0 Å². The van der Waals surface area contributed by atoms with Crippen molar-refractivity contribution >= 4 is 11.3 Å². The summed E-state index contributed by atoms with van der Waals surface area (Å²) >= 11 is 0. The molecule has 0 amide bonds. The predicted octanol–water partition coefficient (Wildman–Crippen LogP) is 3.30. The zero-order valence-corrected chi connectivity index (χ0v) is 12.6. The predicted molar refractivity (Wildman–Crippen MR) is 87.0 cm³/mol. The van der Waals surface area contributed by atoms with Gasteiger partial charge < -0.3 is 9.84 Å². The minimum absolute atomic E-state index is 0.535. The number of benzene rings is 1. The van der Waals surface area contributed by atoms with Gasteiger partial charge in [0.05, 0.1) is 12.2 Å². The van der Waals surface area contributed by atoms with Gasteiger partial charge in [0.1, 0.15) is 11.2 Å². The van der Waals surface area contributed by atoms with E-state index in [2.05, 4.69) is 20.6 Å². The maximum absolute atomic E-state index is 5.40. The summed E-state index contributed by atoms with van der Waals surface area (Å²) in [6.07, 6.45) is 3.55. The number of hydrogen-bond donors (Lipinski definition) is 1. The highest BCUT2D eigenvalue weighted by Crippen LogP contribution is 2.21. The first-order chi connectivity index (χ1) is 11.3. The fourth-order valence-electron chi connectivity index (χ4n) is 2.49. The Labute approximate surface area is 132 Å². The van der Waals surface area contributed by atoms with Crippen molar-refractivity contribution in [3.63, 3.8) is 0 Å². The maximum Gasteiger partial charge on any atom is 0.167 e. The number of aromatic nitrogens is 4. The summed E-state index contributed by atoms with van der Waals surface area (Å²) in [7, 11) is 0. The molecule has 1 N–H and O–H groups in total. The van der Waals surface area contributed by atoms with Gasteiger partial charge in [-0.05, 0) is 13.0 Å². The van der Waals surface area contributed by atoms with Crippen LogP contribution < -0.4 is 5.32 Å². The lowest BCUT2D eigenvalue weighted by molar-refractivity contribution is 0.424. The Balaban J connectivity index is 1.54. The summed E-state index contributed by atoms with van der Waals surface area (Å²) in [5.41, 5.74) is 3.73. The lowest BCUT2D eigenvalue weighted by Crippen LogP contribution is -2.03. The van der Waals surface area contributed by atoms with E-state index < -0.39 is 0 Å². The van der Waals surface area contributed by atoms with Crippen LogP contribution in [0.25, 0.3) is 16.8 Å². The van der Waals surface area contributed by atoms with Crippen molar-refractivity contribution in [1.82, 2.24) is 19.8 Å². The SMILES string of the molecule is Cc1cc2c(NCc3cc(-c4ccccc4)on3)nccn2n1. The van der Waals surface area contributed by atoms with E-state index in [0.717, 1.165) is 34.0 Å². The van der Waals surface area contributed by atoms with Gasteiger partial charge in [0.25, 0.3) is 0 Å². The Bertz CT molecular complexity index is 942. The highest BCUT2D eigenvalue weighted by atomic mass is 16.5. The lowest BCUT2D eigenvalue weighted by Gasteiger charge is -2.04. The molecule has 1 aromatic carbocycles. The lowest BCUT2D eigenvalue weighted by atomic mass is 10.2. The first kappa shape index (κ1) is 13.5. The average Bonchev–Trinajstić information content (AvgIpc) is 3.19. The van der Waals surface area contributed by atoms with E-state index in [0.29, 0.717) is 6.54 Å². The Hall–Kier alpha value is -3.15. The van der Waals surface area contributed by atoms with Crippen molar-refractivity contribution in [2.24, 2.45) is 0 Å². The first-order valence-corrected chi connectivity index (χ1v) is 7.35. The molecule has 0 radical (unpaired) electrons. The van der Waals surface area contributed by atoms with Crippen LogP contribution in [0, 0.1) is 6.92 Å². The highest BCUT2D eigenvalue weighted by molar-refractivity contribution is 5.67. The van der Waals surface area contributed by atoms with Crippen LogP contribution in [0.5, 0.6) is 0 Å². The molecule has 0 fully saturated rings. The Morgan fingerprint density at radius 1 is 1.17 bits per heavy atom.